The number of rotatable bonds is 2. The van der Waals surface area contributed by atoms with Crippen molar-refractivity contribution in [2.24, 2.45) is 5.41 Å². The predicted octanol–water partition coefficient (Wildman–Crippen LogP) is 5.27. The van der Waals surface area contributed by atoms with Crippen molar-refractivity contribution in [3.8, 4) is 12.1 Å². The first-order chi connectivity index (χ1) is 17.0. The average molecular weight is 461 g/mol. The highest BCUT2D eigenvalue weighted by Crippen LogP contribution is 2.60. The molecule has 2 unspecified atom stereocenters. The summed E-state index contributed by atoms with van der Waals surface area (Å²) in [5.74, 6) is 0. The highest BCUT2D eigenvalue weighted by atomic mass is 15.4. The van der Waals surface area contributed by atoms with Crippen molar-refractivity contribution in [1.82, 2.24) is 9.80 Å². The second kappa shape index (κ2) is 7.42. The van der Waals surface area contributed by atoms with Gasteiger partial charge < -0.3 is 19.6 Å². The van der Waals surface area contributed by atoms with Crippen molar-refractivity contribution in [2.45, 2.75) is 39.0 Å². The first-order valence-electron chi connectivity index (χ1n) is 12.2. The van der Waals surface area contributed by atoms with Gasteiger partial charge in [-0.1, -0.05) is 13.8 Å². The third kappa shape index (κ3) is 2.63. The Morgan fingerprint density at radius 1 is 0.771 bits per heavy atom. The summed E-state index contributed by atoms with van der Waals surface area (Å²) in [6, 6.07) is 16.8. The van der Waals surface area contributed by atoms with Crippen LogP contribution >= 0.6 is 0 Å². The number of hydrogen-bond acceptors (Lipinski definition) is 6. The smallest absolute Gasteiger partial charge is 0.132 e. The fraction of sp³-hybridized carbons (Fsp3) is 0.310. The minimum absolute atomic E-state index is 0.0104. The van der Waals surface area contributed by atoms with Crippen molar-refractivity contribution >= 4 is 22.5 Å². The molecule has 0 aliphatic carbocycles. The lowest BCUT2D eigenvalue weighted by molar-refractivity contribution is 0.175. The SMILES string of the molecule is CCC1(CC)/C(=C2\c3cc(C#N)ccc3N3C=CN(C)C23)c2cc(C#N)ccc2N2C=CN(C)C21. The highest BCUT2D eigenvalue weighted by molar-refractivity contribution is 6.07. The Balaban J connectivity index is 1.78. The number of nitrogens with zero attached hydrogens (tertiary/aromatic N) is 6. The van der Waals surface area contributed by atoms with Gasteiger partial charge in [-0.15, -0.1) is 0 Å². The molecule has 4 aliphatic rings. The molecule has 0 spiro atoms. The van der Waals surface area contributed by atoms with Crippen LogP contribution in [0.25, 0.3) is 11.1 Å². The van der Waals surface area contributed by atoms with Crippen molar-refractivity contribution in [3.63, 3.8) is 0 Å². The van der Waals surface area contributed by atoms with Gasteiger partial charge >= 0.3 is 0 Å². The zero-order valence-electron chi connectivity index (χ0n) is 20.5. The molecule has 4 aliphatic heterocycles. The van der Waals surface area contributed by atoms with E-state index in [0.717, 1.165) is 35.3 Å². The lowest BCUT2D eigenvalue weighted by Crippen LogP contribution is -2.54. The Hall–Kier alpha value is -4.16. The Morgan fingerprint density at radius 3 is 1.97 bits per heavy atom. The van der Waals surface area contributed by atoms with Crippen molar-refractivity contribution < 1.29 is 0 Å². The van der Waals surface area contributed by atoms with Crippen molar-refractivity contribution in [2.75, 3.05) is 23.9 Å². The van der Waals surface area contributed by atoms with E-state index in [-0.39, 0.29) is 17.7 Å². The van der Waals surface area contributed by atoms with Gasteiger partial charge in [0.2, 0.25) is 0 Å². The van der Waals surface area contributed by atoms with E-state index in [9.17, 15) is 10.5 Å². The third-order valence-electron chi connectivity index (χ3n) is 8.37. The molecule has 0 saturated carbocycles. The van der Waals surface area contributed by atoms with Crippen LogP contribution in [0, 0.1) is 28.1 Å². The topological polar surface area (TPSA) is 60.5 Å². The molecule has 6 nitrogen and oxygen atoms in total. The third-order valence-corrected chi connectivity index (χ3v) is 8.37. The van der Waals surface area contributed by atoms with Gasteiger partial charge in [-0.05, 0) is 54.8 Å². The molecule has 0 aromatic heterocycles. The average Bonchev–Trinajstić information content (AvgIpc) is 3.56. The molecule has 2 aromatic rings. The van der Waals surface area contributed by atoms with Crippen LogP contribution in [-0.2, 0) is 0 Å². The van der Waals surface area contributed by atoms with Crippen molar-refractivity contribution in [1.29, 1.82) is 10.5 Å². The van der Waals surface area contributed by atoms with Crippen LogP contribution in [0.2, 0.25) is 0 Å². The van der Waals surface area contributed by atoms with E-state index < -0.39 is 0 Å². The molecule has 2 aromatic carbocycles. The van der Waals surface area contributed by atoms with Crippen LogP contribution < -0.4 is 9.80 Å². The summed E-state index contributed by atoms with van der Waals surface area (Å²) in [6.45, 7) is 4.56. The summed E-state index contributed by atoms with van der Waals surface area (Å²) in [5, 5.41) is 19.6. The van der Waals surface area contributed by atoms with E-state index in [1.54, 1.807) is 0 Å². The van der Waals surface area contributed by atoms with Gasteiger partial charge in [-0.25, -0.2) is 0 Å². The standard InChI is InChI=1S/C29H28N6/c1-5-29(6-2)26(22-16-20(18-31)8-10-24(22)35-14-12-33(4)28(29)35)25-21-15-19(17-30)7-9-23(21)34-13-11-32(3)27(25)34/h7-16,27-28H,5-6H2,1-4H3/b26-25+. The van der Waals surface area contributed by atoms with Gasteiger partial charge in [-0.3, -0.25) is 0 Å². The van der Waals surface area contributed by atoms with Crippen LogP contribution in [-0.4, -0.2) is 36.2 Å². The van der Waals surface area contributed by atoms with Gasteiger partial charge in [0.05, 0.1) is 34.6 Å². The molecule has 4 heterocycles. The van der Waals surface area contributed by atoms with Gasteiger partial charge in [-0.2, -0.15) is 10.5 Å². The Bertz CT molecular complexity index is 1410. The second-order valence-corrected chi connectivity index (χ2v) is 9.83. The molecule has 0 saturated heterocycles. The molecule has 35 heavy (non-hydrogen) atoms. The minimum Gasteiger partial charge on any atom is -0.358 e. The van der Waals surface area contributed by atoms with Gasteiger partial charge in [0.1, 0.15) is 12.3 Å². The molecule has 6 heteroatoms. The molecule has 174 valence electrons. The maximum Gasteiger partial charge on any atom is 0.132 e. The van der Waals surface area contributed by atoms with Crippen LogP contribution in [0.5, 0.6) is 0 Å². The maximum absolute atomic E-state index is 9.82. The summed E-state index contributed by atoms with van der Waals surface area (Å²) in [6.07, 6.45) is 10.6. The predicted molar refractivity (Wildman–Crippen MR) is 138 cm³/mol. The van der Waals surface area contributed by atoms with Crippen LogP contribution in [0.4, 0.5) is 11.4 Å². The number of anilines is 2. The monoisotopic (exact) mass is 460 g/mol. The van der Waals surface area contributed by atoms with Crippen LogP contribution in [0.15, 0.2) is 61.2 Å². The first kappa shape index (κ1) is 21.4. The van der Waals surface area contributed by atoms with E-state index >= 15 is 0 Å². The Morgan fingerprint density at radius 2 is 1.34 bits per heavy atom. The molecular weight excluding hydrogens is 432 g/mol. The van der Waals surface area contributed by atoms with Crippen LogP contribution in [0.1, 0.15) is 48.9 Å². The molecule has 0 radical (unpaired) electrons. The van der Waals surface area contributed by atoms with Crippen molar-refractivity contribution in [3.05, 3.63) is 83.5 Å². The van der Waals surface area contributed by atoms with E-state index in [2.05, 4.69) is 103 Å². The zero-order chi connectivity index (χ0) is 24.5. The molecular formula is C29H28N6. The molecule has 2 atom stereocenters. The highest BCUT2D eigenvalue weighted by Gasteiger charge is 2.54. The number of likely N-dealkylation sites (N-methyl/N-ethyl adjacent to an activating group) is 1. The largest absolute Gasteiger partial charge is 0.358 e. The van der Waals surface area contributed by atoms with E-state index in [4.69, 9.17) is 0 Å². The molecule has 6 rings (SSSR count). The second-order valence-electron chi connectivity index (χ2n) is 9.83. The van der Waals surface area contributed by atoms with E-state index in [1.165, 1.54) is 11.1 Å². The van der Waals surface area contributed by atoms with Gasteiger partial charge in [0.15, 0.2) is 0 Å². The Kier molecular flexibility index (Phi) is 4.53. The molecule has 0 amide bonds. The first-order valence-corrected chi connectivity index (χ1v) is 12.2. The van der Waals surface area contributed by atoms with E-state index in [1.807, 2.05) is 18.2 Å². The quantitative estimate of drug-likeness (QED) is 0.608. The fourth-order valence-corrected chi connectivity index (χ4v) is 6.75. The summed E-state index contributed by atoms with van der Waals surface area (Å²) in [5.41, 5.74) is 8.16. The van der Waals surface area contributed by atoms with E-state index in [0.29, 0.717) is 11.1 Å². The lowest BCUT2D eigenvalue weighted by atomic mass is 9.64. The molecule has 0 N–H and O–H groups in total. The zero-order valence-corrected chi connectivity index (χ0v) is 20.5. The number of benzene rings is 2. The lowest BCUT2D eigenvalue weighted by Gasteiger charge is -2.52. The fourth-order valence-electron chi connectivity index (χ4n) is 6.75. The minimum atomic E-state index is -0.186. The summed E-state index contributed by atoms with van der Waals surface area (Å²) < 4.78 is 0. The van der Waals surface area contributed by atoms with Crippen LogP contribution in [0.3, 0.4) is 0 Å². The summed E-state index contributed by atoms with van der Waals surface area (Å²) in [7, 11) is 4.27. The summed E-state index contributed by atoms with van der Waals surface area (Å²) >= 11 is 0. The number of hydrogen-bond donors (Lipinski definition) is 0. The number of fused-ring (bicyclic) bond motifs is 6. The van der Waals surface area contributed by atoms with Gasteiger partial charge in [0.25, 0.3) is 0 Å². The maximum atomic E-state index is 9.82. The molecule has 0 fully saturated rings. The van der Waals surface area contributed by atoms with Gasteiger partial charge in [0, 0.05) is 61.0 Å². The number of nitriles is 2. The molecule has 0 bridgehead atoms. The Labute approximate surface area is 206 Å². The summed E-state index contributed by atoms with van der Waals surface area (Å²) in [4.78, 5) is 9.26. The normalized spacial score (nSPS) is 24.7.